The minimum atomic E-state index is 0.0387. The molecule has 2 rings (SSSR count). The van der Waals surface area contributed by atoms with Gasteiger partial charge < -0.3 is 11.1 Å². The summed E-state index contributed by atoms with van der Waals surface area (Å²) in [6.07, 6.45) is 0.489. The zero-order chi connectivity index (χ0) is 14.4. The maximum atomic E-state index is 11.8. The van der Waals surface area contributed by atoms with Gasteiger partial charge >= 0.3 is 0 Å². The van der Waals surface area contributed by atoms with Gasteiger partial charge in [-0.1, -0.05) is 18.2 Å². The van der Waals surface area contributed by atoms with E-state index in [0.717, 1.165) is 22.7 Å². The average Bonchev–Trinajstić information content (AvgIpc) is 2.42. The molecule has 0 aromatic heterocycles. The van der Waals surface area contributed by atoms with E-state index in [1.165, 1.54) is 4.90 Å². The Kier molecular flexibility index (Phi) is 5.07. The molecule has 0 saturated carbocycles. The van der Waals surface area contributed by atoms with Gasteiger partial charge in [0.15, 0.2) is 0 Å². The van der Waals surface area contributed by atoms with Crippen LogP contribution in [0.4, 0.5) is 11.4 Å². The smallest absolute Gasteiger partial charge is 0.225 e. The van der Waals surface area contributed by atoms with Crippen molar-refractivity contribution in [3.05, 3.63) is 54.1 Å². The van der Waals surface area contributed by atoms with Crippen LogP contribution in [0.3, 0.4) is 0 Å². The highest BCUT2D eigenvalue weighted by molar-refractivity contribution is 7.99. The normalized spacial score (nSPS) is 10.2. The monoisotopic (exact) mass is 286 g/mol. The lowest BCUT2D eigenvalue weighted by atomic mass is 10.2. The van der Waals surface area contributed by atoms with Crippen molar-refractivity contribution in [3.63, 3.8) is 0 Å². The molecular formula is C16H18N2OS. The Labute approximate surface area is 123 Å². The number of nitrogens with two attached hydrogens (primary N) is 1. The lowest BCUT2D eigenvalue weighted by Gasteiger charge is -2.07. The molecule has 0 spiro atoms. The van der Waals surface area contributed by atoms with Crippen LogP contribution in [-0.2, 0) is 4.79 Å². The zero-order valence-electron chi connectivity index (χ0n) is 11.4. The number of carbonyl (C=O) groups is 1. The first kappa shape index (κ1) is 14.5. The van der Waals surface area contributed by atoms with Gasteiger partial charge in [-0.25, -0.2) is 0 Å². The Hall–Kier alpha value is -1.94. The molecule has 20 heavy (non-hydrogen) atoms. The van der Waals surface area contributed by atoms with Gasteiger partial charge in [-0.05, 0) is 42.8 Å². The van der Waals surface area contributed by atoms with Crippen LogP contribution >= 0.6 is 11.8 Å². The van der Waals surface area contributed by atoms with Crippen LogP contribution in [-0.4, -0.2) is 11.7 Å². The summed E-state index contributed by atoms with van der Waals surface area (Å²) in [6.45, 7) is 2.03. The molecule has 0 atom stereocenters. The number of hydrogen-bond acceptors (Lipinski definition) is 3. The van der Waals surface area contributed by atoms with Crippen molar-refractivity contribution in [1.29, 1.82) is 0 Å². The van der Waals surface area contributed by atoms with E-state index in [1.807, 2.05) is 55.5 Å². The van der Waals surface area contributed by atoms with Crippen LogP contribution in [0.25, 0.3) is 0 Å². The molecule has 0 unspecified atom stereocenters. The van der Waals surface area contributed by atoms with E-state index in [4.69, 9.17) is 5.73 Å². The second kappa shape index (κ2) is 7.01. The molecule has 2 aromatic rings. The lowest BCUT2D eigenvalue weighted by Crippen LogP contribution is -2.11. The standard InChI is InChI=1S/C16H18N2OS/c1-12-11-13(17)7-8-15(12)20-10-9-16(19)18-14-5-3-2-4-6-14/h2-8,11H,9-10,17H2,1H3,(H,18,19). The number of amides is 1. The van der Waals surface area contributed by atoms with Crippen LogP contribution in [0, 0.1) is 6.92 Å². The first-order valence-electron chi connectivity index (χ1n) is 6.49. The number of nitrogens with one attached hydrogen (secondary N) is 1. The number of nitrogen functional groups attached to an aromatic ring is 1. The van der Waals surface area contributed by atoms with Crippen LogP contribution < -0.4 is 11.1 Å². The predicted octanol–water partition coefficient (Wildman–Crippen LogP) is 3.70. The van der Waals surface area contributed by atoms with Gasteiger partial charge in [-0.2, -0.15) is 0 Å². The Bertz CT molecular complexity index is 584. The molecule has 1 amide bonds. The van der Waals surface area contributed by atoms with Crippen molar-refractivity contribution in [1.82, 2.24) is 0 Å². The molecule has 0 fully saturated rings. The molecule has 0 bridgehead atoms. The minimum absolute atomic E-state index is 0.0387. The number of thioether (sulfide) groups is 1. The number of carbonyl (C=O) groups excluding carboxylic acids is 1. The second-order valence-electron chi connectivity index (χ2n) is 4.54. The number of benzene rings is 2. The predicted molar refractivity (Wildman–Crippen MR) is 86.0 cm³/mol. The fraction of sp³-hybridized carbons (Fsp3) is 0.188. The summed E-state index contributed by atoms with van der Waals surface area (Å²) in [5, 5.41) is 2.88. The summed E-state index contributed by atoms with van der Waals surface area (Å²) in [6, 6.07) is 15.3. The summed E-state index contributed by atoms with van der Waals surface area (Å²) >= 11 is 1.68. The van der Waals surface area contributed by atoms with E-state index < -0.39 is 0 Å². The van der Waals surface area contributed by atoms with Crippen molar-refractivity contribution in [3.8, 4) is 0 Å². The van der Waals surface area contributed by atoms with E-state index in [-0.39, 0.29) is 5.91 Å². The topological polar surface area (TPSA) is 55.1 Å². The van der Waals surface area contributed by atoms with E-state index in [9.17, 15) is 4.79 Å². The van der Waals surface area contributed by atoms with Gasteiger partial charge in [-0.15, -0.1) is 11.8 Å². The Balaban J connectivity index is 1.79. The largest absolute Gasteiger partial charge is 0.399 e. The highest BCUT2D eigenvalue weighted by Crippen LogP contribution is 2.24. The maximum Gasteiger partial charge on any atom is 0.225 e. The molecule has 3 nitrogen and oxygen atoms in total. The molecular weight excluding hydrogens is 268 g/mol. The number of para-hydroxylation sites is 1. The maximum absolute atomic E-state index is 11.8. The first-order valence-corrected chi connectivity index (χ1v) is 7.47. The average molecular weight is 286 g/mol. The molecule has 4 heteroatoms. The molecule has 2 aromatic carbocycles. The SMILES string of the molecule is Cc1cc(N)ccc1SCCC(=O)Nc1ccccc1. The fourth-order valence-electron chi connectivity index (χ4n) is 1.83. The zero-order valence-corrected chi connectivity index (χ0v) is 12.2. The van der Waals surface area contributed by atoms with Gasteiger partial charge in [0.1, 0.15) is 0 Å². The van der Waals surface area contributed by atoms with Gasteiger partial charge in [0.25, 0.3) is 0 Å². The molecule has 3 N–H and O–H groups in total. The van der Waals surface area contributed by atoms with Crippen LogP contribution in [0.1, 0.15) is 12.0 Å². The molecule has 104 valence electrons. The first-order chi connectivity index (χ1) is 9.65. The summed E-state index contributed by atoms with van der Waals surface area (Å²) in [5.41, 5.74) is 8.48. The van der Waals surface area contributed by atoms with Gasteiger partial charge in [0.2, 0.25) is 5.91 Å². The highest BCUT2D eigenvalue weighted by atomic mass is 32.2. The summed E-state index contributed by atoms with van der Waals surface area (Å²) in [4.78, 5) is 13.0. The Morgan fingerprint density at radius 2 is 1.95 bits per heavy atom. The van der Waals surface area contributed by atoms with Crippen molar-refractivity contribution in [2.75, 3.05) is 16.8 Å². The Morgan fingerprint density at radius 3 is 2.65 bits per heavy atom. The van der Waals surface area contributed by atoms with Crippen molar-refractivity contribution < 1.29 is 4.79 Å². The number of hydrogen-bond donors (Lipinski definition) is 2. The van der Waals surface area contributed by atoms with E-state index >= 15 is 0 Å². The highest BCUT2D eigenvalue weighted by Gasteiger charge is 2.04. The van der Waals surface area contributed by atoms with Crippen LogP contribution in [0.15, 0.2) is 53.4 Å². The Morgan fingerprint density at radius 1 is 1.20 bits per heavy atom. The lowest BCUT2D eigenvalue weighted by molar-refractivity contribution is -0.115. The van der Waals surface area contributed by atoms with Gasteiger partial charge in [0.05, 0.1) is 0 Å². The van der Waals surface area contributed by atoms with Crippen molar-refractivity contribution >= 4 is 29.0 Å². The molecule has 0 aliphatic rings. The summed E-state index contributed by atoms with van der Waals surface area (Å²) in [7, 11) is 0. The fourth-order valence-corrected chi connectivity index (χ4v) is 2.79. The quantitative estimate of drug-likeness (QED) is 0.651. The second-order valence-corrected chi connectivity index (χ2v) is 5.67. The third-order valence-corrected chi connectivity index (χ3v) is 4.02. The van der Waals surface area contributed by atoms with Gasteiger partial charge in [-0.3, -0.25) is 4.79 Å². The number of anilines is 2. The number of rotatable bonds is 5. The van der Waals surface area contributed by atoms with Crippen molar-refractivity contribution in [2.45, 2.75) is 18.2 Å². The van der Waals surface area contributed by atoms with E-state index in [2.05, 4.69) is 5.32 Å². The number of aryl methyl sites for hydroxylation is 1. The van der Waals surface area contributed by atoms with Crippen LogP contribution in [0.2, 0.25) is 0 Å². The van der Waals surface area contributed by atoms with Gasteiger partial charge in [0, 0.05) is 28.4 Å². The summed E-state index contributed by atoms with van der Waals surface area (Å²) in [5.74, 6) is 0.792. The molecule has 0 radical (unpaired) electrons. The minimum Gasteiger partial charge on any atom is -0.399 e. The molecule has 0 saturated heterocycles. The third kappa shape index (κ3) is 4.31. The van der Waals surface area contributed by atoms with E-state index in [1.54, 1.807) is 11.8 Å². The van der Waals surface area contributed by atoms with Crippen molar-refractivity contribution in [2.24, 2.45) is 0 Å². The van der Waals surface area contributed by atoms with E-state index in [0.29, 0.717) is 6.42 Å². The molecule has 0 aliphatic heterocycles. The summed E-state index contributed by atoms with van der Waals surface area (Å²) < 4.78 is 0. The molecule has 0 aliphatic carbocycles. The molecule has 0 heterocycles. The van der Waals surface area contributed by atoms with Crippen LogP contribution in [0.5, 0.6) is 0 Å². The third-order valence-electron chi connectivity index (χ3n) is 2.84.